The lowest BCUT2D eigenvalue weighted by atomic mass is 10.3. The molecule has 98 valence electrons. The molecule has 5 nitrogen and oxygen atoms in total. The van der Waals surface area contributed by atoms with Crippen molar-refractivity contribution in [2.24, 2.45) is 0 Å². The van der Waals surface area contributed by atoms with Crippen LogP contribution in [0, 0.1) is 0 Å². The Balaban J connectivity index is 1.73. The molecule has 18 heavy (non-hydrogen) atoms. The van der Waals surface area contributed by atoms with Crippen molar-refractivity contribution in [2.75, 3.05) is 19.7 Å². The van der Waals surface area contributed by atoms with Crippen LogP contribution < -0.4 is 4.74 Å². The van der Waals surface area contributed by atoms with Crippen molar-refractivity contribution < 1.29 is 19.7 Å². The Kier molecular flexibility index (Phi) is 4.17. The van der Waals surface area contributed by atoms with Gasteiger partial charge in [-0.05, 0) is 12.1 Å². The van der Waals surface area contributed by atoms with Crippen LogP contribution in [0.3, 0.4) is 0 Å². The molecule has 1 amide bonds. The molecule has 1 fully saturated rings. The highest BCUT2D eigenvalue weighted by atomic mass is 16.5. The first kappa shape index (κ1) is 12.9. The van der Waals surface area contributed by atoms with Crippen LogP contribution in [0.25, 0.3) is 0 Å². The van der Waals surface area contributed by atoms with Gasteiger partial charge in [-0.3, -0.25) is 4.79 Å². The Morgan fingerprint density at radius 2 is 1.83 bits per heavy atom. The summed E-state index contributed by atoms with van der Waals surface area (Å²) in [6, 6.07) is 9.28. The van der Waals surface area contributed by atoms with Crippen LogP contribution in [0.5, 0.6) is 5.75 Å². The molecule has 0 aliphatic carbocycles. The Morgan fingerprint density at radius 3 is 2.44 bits per heavy atom. The monoisotopic (exact) mass is 251 g/mol. The van der Waals surface area contributed by atoms with Crippen molar-refractivity contribution in [1.82, 2.24) is 4.90 Å². The predicted octanol–water partition coefficient (Wildman–Crippen LogP) is 0.0195. The standard InChI is InChI=1S/C13H17NO4/c15-11-8-14(9-12(11)16)13(17)6-7-18-10-4-2-1-3-5-10/h1-5,11-12,15-16H,6-9H2. The second-order valence-electron chi connectivity index (χ2n) is 4.34. The zero-order valence-electron chi connectivity index (χ0n) is 10.0. The summed E-state index contributed by atoms with van der Waals surface area (Å²) in [5.74, 6) is 0.619. The highest BCUT2D eigenvalue weighted by Gasteiger charge is 2.32. The number of benzene rings is 1. The van der Waals surface area contributed by atoms with E-state index in [9.17, 15) is 15.0 Å². The maximum Gasteiger partial charge on any atom is 0.226 e. The van der Waals surface area contributed by atoms with Crippen LogP contribution in [0.4, 0.5) is 0 Å². The molecular formula is C13H17NO4. The van der Waals surface area contributed by atoms with Gasteiger partial charge in [-0.15, -0.1) is 0 Å². The maximum absolute atomic E-state index is 11.8. The van der Waals surface area contributed by atoms with E-state index in [-0.39, 0.29) is 25.4 Å². The first-order valence-corrected chi connectivity index (χ1v) is 5.98. The van der Waals surface area contributed by atoms with Gasteiger partial charge in [-0.1, -0.05) is 18.2 Å². The number of hydrogen-bond acceptors (Lipinski definition) is 4. The summed E-state index contributed by atoms with van der Waals surface area (Å²) < 4.78 is 5.42. The van der Waals surface area contributed by atoms with E-state index in [1.54, 1.807) is 0 Å². The molecule has 0 aromatic heterocycles. The summed E-state index contributed by atoms with van der Waals surface area (Å²) in [5.41, 5.74) is 0. The first-order valence-electron chi connectivity index (χ1n) is 5.98. The number of para-hydroxylation sites is 1. The summed E-state index contributed by atoms with van der Waals surface area (Å²) in [6.45, 7) is 0.697. The fourth-order valence-corrected chi connectivity index (χ4v) is 1.90. The molecule has 2 unspecified atom stereocenters. The number of β-amino-alcohol motifs (C(OH)–C–C–N with tert-alkyl or cyclic N) is 2. The van der Waals surface area contributed by atoms with Crippen molar-refractivity contribution in [3.05, 3.63) is 30.3 Å². The average molecular weight is 251 g/mol. The van der Waals surface area contributed by atoms with Gasteiger partial charge in [0.15, 0.2) is 0 Å². The summed E-state index contributed by atoms with van der Waals surface area (Å²) in [6.07, 6.45) is -1.41. The summed E-state index contributed by atoms with van der Waals surface area (Å²) >= 11 is 0. The third-order valence-electron chi connectivity index (χ3n) is 2.94. The fraction of sp³-hybridized carbons (Fsp3) is 0.462. The lowest BCUT2D eigenvalue weighted by molar-refractivity contribution is -0.131. The number of aliphatic hydroxyl groups is 2. The van der Waals surface area contributed by atoms with Gasteiger partial charge in [0.2, 0.25) is 5.91 Å². The third-order valence-corrected chi connectivity index (χ3v) is 2.94. The van der Waals surface area contributed by atoms with E-state index in [2.05, 4.69) is 0 Å². The number of rotatable bonds is 4. The van der Waals surface area contributed by atoms with E-state index in [0.29, 0.717) is 6.61 Å². The van der Waals surface area contributed by atoms with E-state index in [1.807, 2.05) is 30.3 Å². The molecule has 1 aliphatic heterocycles. The van der Waals surface area contributed by atoms with Gasteiger partial charge < -0.3 is 19.8 Å². The Morgan fingerprint density at radius 1 is 1.22 bits per heavy atom. The molecule has 1 heterocycles. The number of likely N-dealkylation sites (tertiary alicyclic amines) is 1. The largest absolute Gasteiger partial charge is 0.493 e. The minimum Gasteiger partial charge on any atom is -0.493 e. The topological polar surface area (TPSA) is 70.0 Å². The van der Waals surface area contributed by atoms with E-state index in [4.69, 9.17) is 4.74 Å². The van der Waals surface area contributed by atoms with Crippen LogP contribution in [0.1, 0.15) is 6.42 Å². The minimum atomic E-state index is -0.830. The number of nitrogens with zero attached hydrogens (tertiary/aromatic N) is 1. The Bertz CT molecular complexity index is 385. The molecule has 2 atom stereocenters. The van der Waals surface area contributed by atoms with Gasteiger partial charge >= 0.3 is 0 Å². The number of aliphatic hydroxyl groups excluding tert-OH is 2. The Labute approximate surface area is 106 Å². The van der Waals surface area contributed by atoms with E-state index in [1.165, 1.54) is 4.90 Å². The fourth-order valence-electron chi connectivity index (χ4n) is 1.90. The van der Waals surface area contributed by atoms with Crippen molar-refractivity contribution >= 4 is 5.91 Å². The normalized spacial score (nSPS) is 23.1. The lowest BCUT2D eigenvalue weighted by Gasteiger charge is -2.15. The number of carbonyl (C=O) groups is 1. The molecule has 0 radical (unpaired) electrons. The van der Waals surface area contributed by atoms with Crippen LogP contribution in [-0.2, 0) is 4.79 Å². The molecule has 2 N–H and O–H groups in total. The third kappa shape index (κ3) is 3.21. The predicted molar refractivity (Wildman–Crippen MR) is 65.1 cm³/mol. The van der Waals surface area contributed by atoms with E-state index < -0.39 is 12.2 Å². The number of amides is 1. The number of carbonyl (C=O) groups excluding carboxylic acids is 1. The van der Waals surface area contributed by atoms with Gasteiger partial charge in [0.25, 0.3) is 0 Å². The average Bonchev–Trinajstić information content (AvgIpc) is 2.71. The van der Waals surface area contributed by atoms with Crippen LogP contribution >= 0.6 is 0 Å². The Hall–Kier alpha value is -1.59. The van der Waals surface area contributed by atoms with Crippen molar-refractivity contribution in [3.8, 4) is 5.75 Å². The van der Waals surface area contributed by atoms with E-state index in [0.717, 1.165) is 5.75 Å². The summed E-state index contributed by atoms with van der Waals surface area (Å²) in [7, 11) is 0. The van der Waals surface area contributed by atoms with Crippen LogP contribution in [0.2, 0.25) is 0 Å². The quantitative estimate of drug-likeness (QED) is 0.791. The van der Waals surface area contributed by atoms with Gasteiger partial charge in [0.1, 0.15) is 5.75 Å². The lowest BCUT2D eigenvalue weighted by Crippen LogP contribution is -2.30. The summed E-state index contributed by atoms with van der Waals surface area (Å²) in [5, 5.41) is 18.7. The zero-order chi connectivity index (χ0) is 13.0. The molecule has 5 heteroatoms. The zero-order valence-corrected chi connectivity index (χ0v) is 10.0. The number of hydrogen-bond donors (Lipinski definition) is 2. The minimum absolute atomic E-state index is 0.110. The van der Waals surface area contributed by atoms with E-state index >= 15 is 0 Å². The van der Waals surface area contributed by atoms with Crippen LogP contribution in [0.15, 0.2) is 30.3 Å². The van der Waals surface area contributed by atoms with Gasteiger partial charge in [0.05, 0.1) is 25.2 Å². The number of ether oxygens (including phenoxy) is 1. The molecule has 1 aliphatic rings. The van der Waals surface area contributed by atoms with Crippen molar-refractivity contribution in [3.63, 3.8) is 0 Å². The first-order chi connectivity index (χ1) is 8.66. The smallest absolute Gasteiger partial charge is 0.226 e. The molecule has 0 spiro atoms. The molecule has 0 bridgehead atoms. The van der Waals surface area contributed by atoms with Crippen LogP contribution in [-0.4, -0.2) is 52.9 Å². The van der Waals surface area contributed by atoms with Gasteiger partial charge in [0, 0.05) is 13.1 Å². The molecule has 1 saturated heterocycles. The molecule has 1 aromatic carbocycles. The highest BCUT2D eigenvalue weighted by molar-refractivity contribution is 5.76. The molecule has 1 aromatic rings. The second kappa shape index (κ2) is 5.84. The SMILES string of the molecule is O=C(CCOc1ccccc1)N1CC(O)C(O)C1. The highest BCUT2D eigenvalue weighted by Crippen LogP contribution is 2.12. The van der Waals surface area contributed by atoms with Gasteiger partial charge in [-0.2, -0.15) is 0 Å². The van der Waals surface area contributed by atoms with Crippen molar-refractivity contribution in [1.29, 1.82) is 0 Å². The maximum atomic E-state index is 11.8. The second-order valence-corrected chi connectivity index (χ2v) is 4.34. The molecular weight excluding hydrogens is 234 g/mol. The van der Waals surface area contributed by atoms with Gasteiger partial charge in [-0.25, -0.2) is 0 Å². The summed E-state index contributed by atoms with van der Waals surface area (Å²) in [4.78, 5) is 13.2. The molecule has 2 rings (SSSR count). The molecule has 0 saturated carbocycles. The van der Waals surface area contributed by atoms with Crippen molar-refractivity contribution in [2.45, 2.75) is 18.6 Å².